The predicted molar refractivity (Wildman–Crippen MR) is 93.8 cm³/mol. The van der Waals surface area contributed by atoms with Crippen molar-refractivity contribution in [1.82, 2.24) is 5.32 Å². The maximum atomic E-state index is 11.1. The highest BCUT2D eigenvalue weighted by Gasteiger charge is 2.41. The number of hydrogen-bond donors (Lipinski definition) is 4. The van der Waals surface area contributed by atoms with Crippen LogP contribution in [0.2, 0.25) is 0 Å². The van der Waals surface area contributed by atoms with Gasteiger partial charge in [-0.15, -0.1) is 0 Å². The van der Waals surface area contributed by atoms with Crippen LogP contribution in [0.5, 0.6) is 0 Å². The van der Waals surface area contributed by atoms with Crippen molar-refractivity contribution in [3.8, 4) is 0 Å². The van der Waals surface area contributed by atoms with Crippen molar-refractivity contribution in [3.63, 3.8) is 0 Å². The van der Waals surface area contributed by atoms with E-state index in [9.17, 15) is 4.79 Å². The molecule has 6 heteroatoms. The van der Waals surface area contributed by atoms with Gasteiger partial charge in [0.15, 0.2) is 0 Å². The lowest BCUT2D eigenvalue weighted by atomic mass is 10.0. The van der Waals surface area contributed by atoms with Crippen LogP contribution in [0.4, 0.5) is 0 Å². The van der Waals surface area contributed by atoms with Gasteiger partial charge in [-0.05, 0) is 24.0 Å². The third-order valence-corrected chi connectivity index (χ3v) is 4.66. The first kappa shape index (κ1) is 20.2. The second-order valence-electron chi connectivity index (χ2n) is 5.87. The number of unbranched alkanes of at least 4 members (excludes halogenated alkanes) is 4. The Morgan fingerprint density at radius 1 is 1.00 bits per heavy atom. The molecule has 0 amide bonds. The van der Waals surface area contributed by atoms with Gasteiger partial charge >= 0.3 is 13.5 Å². The highest BCUT2D eigenvalue weighted by molar-refractivity contribution is 7.76. The molecule has 0 heterocycles. The van der Waals surface area contributed by atoms with Crippen molar-refractivity contribution in [2.45, 2.75) is 58.4 Å². The van der Waals surface area contributed by atoms with E-state index >= 15 is 0 Å². The fourth-order valence-corrected chi connectivity index (χ4v) is 2.75. The summed E-state index contributed by atoms with van der Waals surface area (Å²) in [6.07, 6.45) is 7.44. The Labute approximate surface area is 139 Å². The van der Waals surface area contributed by atoms with E-state index < -0.39 is 13.5 Å². The quantitative estimate of drug-likeness (QED) is 0.346. The van der Waals surface area contributed by atoms with Gasteiger partial charge in [-0.2, -0.15) is 14.7 Å². The second-order valence-corrected chi connectivity index (χ2v) is 7.51. The topological polar surface area (TPSA) is 89.8 Å². The van der Waals surface area contributed by atoms with Gasteiger partial charge in [-0.25, -0.2) is 4.79 Å². The maximum absolute atomic E-state index is 11.1. The molecule has 0 aliphatic heterocycles. The summed E-state index contributed by atoms with van der Waals surface area (Å²) in [5, 5.41) is 3.05. The number of carbonyl (C=O) groups excluding carboxylic acids is 1. The minimum atomic E-state index is -4.32. The molecule has 0 aliphatic rings. The first-order chi connectivity index (χ1) is 10.9. The van der Waals surface area contributed by atoms with E-state index in [1.165, 1.54) is 37.7 Å². The molecule has 4 N–H and O–H groups in total. The molecule has 0 aliphatic carbocycles. The molecule has 130 valence electrons. The summed E-state index contributed by atoms with van der Waals surface area (Å²) >= 11 is 0. The first-order valence-electron chi connectivity index (χ1n) is 8.32. The average molecular weight is 342 g/mol. The zero-order valence-corrected chi connectivity index (χ0v) is 14.8. The molecule has 5 nitrogen and oxygen atoms in total. The van der Waals surface area contributed by atoms with Gasteiger partial charge in [-0.3, -0.25) is 0 Å². The Hall–Kier alpha value is -0.840. The fraction of sp³-hybridized carbons (Fsp3) is 0.588. The molecule has 0 saturated carbocycles. The van der Waals surface area contributed by atoms with Crippen LogP contribution >= 0.6 is 7.94 Å². The summed E-state index contributed by atoms with van der Waals surface area (Å²) in [6.45, 7) is 3.14. The summed E-state index contributed by atoms with van der Waals surface area (Å²) in [7, 11) is -4.32. The Kier molecular flexibility index (Phi) is 9.53. The molecule has 0 radical (unpaired) electrons. The highest BCUT2D eigenvalue weighted by Crippen LogP contribution is 2.46. The monoisotopic (exact) mass is 342 g/mol. The minimum Gasteiger partial charge on any atom is -0.312 e. The van der Waals surface area contributed by atoms with Crippen LogP contribution in [-0.2, 0) is 17.8 Å². The summed E-state index contributed by atoms with van der Waals surface area (Å²) in [5.74, 6) is 0. The van der Waals surface area contributed by atoms with E-state index in [1.807, 2.05) is 0 Å². The molecule has 0 unspecified atom stereocenters. The molecule has 0 aromatic heterocycles. The Morgan fingerprint density at radius 3 is 2.22 bits per heavy atom. The highest BCUT2D eigenvalue weighted by atomic mass is 31.2. The summed E-state index contributed by atoms with van der Waals surface area (Å²) < 4.78 is 0. The molecule has 1 rings (SSSR count). The van der Waals surface area contributed by atoms with Crippen LogP contribution in [0.15, 0.2) is 24.3 Å². The third-order valence-electron chi connectivity index (χ3n) is 3.77. The molecule has 0 saturated heterocycles. The molecule has 0 fully saturated rings. The number of hydrogen-bond acceptors (Lipinski definition) is 5. The first-order valence-corrected chi connectivity index (χ1v) is 9.97. The lowest BCUT2D eigenvalue weighted by Crippen LogP contribution is -2.19. The van der Waals surface area contributed by atoms with E-state index in [2.05, 4.69) is 36.5 Å². The molecule has 23 heavy (non-hydrogen) atoms. The molecule has 1 aromatic rings. The van der Waals surface area contributed by atoms with Crippen molar-refractivity contribution < 1.29 is 19.5 Å². The number of carbonyl (C=O) groups is 1. The van der Waals surface area contributed by atoms with Crippen molar-refractivity contribution in [1.29, 1.82) is 0 Å². The molecule has 1 aromatic carbocycles. The number of aryl methyl sites for hydroxylation is 1. The number of benzene rings is 1. The Balaban J connectivity index is 2.20. The lowest BCUT2D eigenvalue weighted by molar-refractivity contribution is -0.114. The number of rotatable bonds is 12. The normalized spacial score (nSPS) is 11.7. The van der Waals surface area contributed by atoms with Crippen LogP contribution in [0.3, 0.4) is 0 Å². The second kappa shape index (κ2) is 10.8. The largest absolute Gasteiger partial charge is 0.478 e. The van der Waals surface area contributed by atoms with Gasteiger partial charge in [0.2, 0.25) is 0 Å². The maximum Gasteiger partial charge on any atom is 0.478 e. The minimum absolute atomic E-state index is 0.0902. The fourth-order valence-electron chi connectivity index (χ4n) is 2.33. The van der Waals surface area contributed by atoms with Crippen LogP contribution in [0.25, 0.3) is 0 Å². The van der Waals surface area contributed by atoms with Crippen molar-refractivity contribution in [2.24, 2.45) is 0 Å². The summed E-state index contributed by atoms with van der Waals surface area (Å²) in [5.41, 5.74) is 1.56. The van der Waals surface area contributed by atoms with Gasteiger partial charge in [0.25, 0.3) is 0 Å². The van der Waals surface area contributed by atoms with Gasteiger partial charge in [0.05, 0.1) is 6.42 Å². The van der Waals surface area contributed by atoms with E-state index in [4.69, 9.17) is 14.7 Å². The standard InChI is InChI=1S/C17H29NO4P/c1-2-3-4-5-6-7-15-8-10-16(11-9-15)14-18-13-12-17(19)23(20,21)22/h8-11,18,20-22H,2-7,12-14H2,1H3/q+1. The zero-order chi connectivity index (χ0) is 17.1. The van der Waals surface area contributed by atoms with E-state index in [-0.39, 0.29) is 6.42 Å². The molecular formula is C17H29NO4P+. The van der Waals surface area contributed by atoms with Crippen molar-refractivity contribution in [2.75, 3.05) is 6.54 Å². The van der Waals surface area contributed by atoms with E-state index in [0.29, 0.717) is 13.1 Å². The van der Waals surface area contributed by atoms with Crippen LogP contribution in [-0.4, -0.2) is 26.7 Å². The Bertz CT molecular complexity index is 457. The number of nitrogens with one attached hydrogen (secondary N) is 1. The van der Waals surface area contributed by atoms with Crippen LogP contribution in [0.1, 0.15) is 56.6 Å². The smallest absolute Gasteiger partial charge is 0.312 e. The van der Waals surface area contributed by atoms with Gasteiger partial charge in [0.1, 0.15) is 0 Å². The average Bonchev–Trinajstić information content (AvgIpc) is 2.51. The molecule has 0 atom stereocenters. The van der Waals surface area contributed by atoms with Crippen LogP contribution in [0, 0.1) is 0 Å². The van der Waals surface area contributed by atoms with E-state index in [0.717, 1.165) is 12.0 Å². The third kappa shape index (κ3) is 9.14. The van der Waals surface area contributed by atoms with Gasteiger partial charge in [0, 0.05) is 13.1 Å². The molecular weight excluding hydrogens is 313 g/mol. The van der Waals surface area contributed by atoms with Crippen LogP contribution < -0.4 is 5.32 Å². The van der Waals surface area contributed by atoms with E-state index in [1.54, 1.807) is 0 Å². The SMILES string of the molecule is CCCCCCCc1ccc(CNCCC(=O)[P+](O)(O)O)cc1. The molecule has 0 bridgehead atoms. The Morgan fingerprint density at radius 2 is 1.61 bits per heavy atom. The lowest BCUT2D eigenvalue weighted by Gasteiger charge is -2.06. The summed E-state index contributed by atoms with van der Waals surface area (Å²) in [4.78, 5) is 37.5. The van der Waals surface area contributed by atoms with Crippen molar-refractivity contribution >= 4 is 13.5 Å². The van der Waals surface area contributed by atoms with Gasteiger partial charge < -0.3 is 5.32 Å². The summed E-state index contributed by atoms with van der Waals surface area (Å²) in [6, 6.07) is 8.40. The molecule has 0 spiro atoms. The predicted octanol–water partition coefficient (Wildman–Crippen LogP) is 2.95. The van der Waals surface area contributed by atoms with Crippen molar-refractivity contribution in [3.05, 3.63) is 35.4 Å². The van der Waals surface area contributed by atoms with Gasteiger partial charge in [-0.1, -0.05) is 56.9 Å². The zero-order valence-electron chi connectivity index (χ0n) is 13.9.